The van der Waals surface area contributed by atoms with Crippen LogP contribution in [-0.4, -0.2) is 51.7 Å². The number of nitrogens with one attached hydrogen (secondary N) is 1. The number of nitriles is 1. The maximum atomic E-state index is 12.0. The molecule has 146 valence electrons. The van der Waals surface area contributed by atoms with Crippen molar-refractivity contribution < 1.29 is 4.79 Å². The van der Waals surface area contributed by atoms with Gasteiger partial charge in [-0.25, -0.2) is 4.98 Å². The average Bonchev–Trinajstić information content (AvgIpc) is 3.54. The molecule has 0 unspecified atom stereocenters. The predicted octanol–water partition coefficient (Wildman–Crippen LogP) is 1.67. The van der Waals surface area contributed by atoms with Crippen molar-refractivity contribution in [2.75, 3.05) is 41.3 Å². The maximum absolute atomic E-state index is 12.0. The smallest absolute Gasteiger partial charge is 0.249 e. The van der Waals surface area contributed by atoms with Gasteiger partial charge in [0.25, 0.3) is 0 Å². The zero-order valence-corrected chi connectivity index (χ0v) is 15.8. The summed E-state index contributed by atoms with van der Waals surface area (Å²) in [6.45, 7) is 3.04. The molecule has 1 N–H and O–H groups in total. The lowest BCUT2D eigenvalue weighted by atomic mass is 10.2. The average molecular weight is 388 g/mol. The molecule has 1 aliphatic carbocycles. The van der Waals surface area contributed by atoms with Gasteiger partial charge in [0.2, 0.25) is 11.9 Å². The van der Waals surface area contributed by atoms with Gasteiger partial charge in [0, 0.05) is 38.3 Å². The SMILES string of the molecule is N#Cc1cccnc1N1CCN(c2cccc3nc(NC(=O)C4CC4)nn23)CC1. The summed E-state index contributed by atoms with van der Waals surface area (Å²) < 4.78 is 1.78. The Kier molecular flexibility index (Phi) is 4.24. The molecule has 9 nitrogen and oxygen atoms in total. The Hall–Kier alpha value is -3.67. The first-order valence-electron chi connectivity index (χ1n) is 9.74. The summed E-state index contributed by atoms with van der Waals surface area (Å²) in [4.78, 5) is 25.2. The van der Waals surface area contributed by atoms with Gasteiger partial charge in [0.05, 0.1) is 5.56 Å². The van der Waals surface area contributed by atoms with Crippen LogP contribution in [0.25, 0.3) is 5.65 Å². The van der Waals surface area contributed by atoms with E-state index in [-0.39, 0.29) is 11.8 Å². The van der Waals surface area contributed by atoms with Crippen molar-refractivity contribution in [3.8, 4) is 6.07 Å². The first-order chi connectivity index (χ1) is 14.2. The molecule has 29 heavy (non-hydrogen) atoms. The molecule has 0 radical (unpaired) electrons. The number of carbonyl (C=O) groups excluding carboxylic acids is 1. The van der Waals surface area contributed by atoms with E-state index in [4.69, 9.17) is 0 Å². The minimum absolute atomic E-state index is 0.000251. The van der Waals surface area contributed by atoms with Crippen LogP contribution in [0.3, 0.4) is 0 Å². The van der Waals surface area contributed by atoms with Crippen molar-refractivity contribution in [2.45, 2.75) is 12.8 Å². The highest BCUT2D eigenvalue weighted by Gasteiger charge is 2.30. The van der Waals surface area contributed by atoms with E-state index < -0.39 is 0 Å². The topological polar surface area (TPSA) is 102 Å². The highest BCUT2D eigenvalue weighted by molar-refractivity contribution is 5.92. The molecular formula is C20H20N8O. The fourth-order valence-corrected chi connectivity index (χ4v) is 3.63. The molecule has 1 saturated carbocycles. The lowest BCUT2D eigenvalue weighted by Crippen LogP contribution is -2.47. The number of hydrogen-bond acceptors (Lipinski definition) is 7. The largest absolute Gasteiger partial charge is 0.353 e. The Balaban J connectivity index is 1.34. The van der Waals surface area contributed by atoms with E-state index in [9.17, 15) is 10.1 Å². The molecule has 0 spiro atoms. The molecule has 3 aromatic heterocycles. The molecule has 1 saturated heterocycles. The number of rotatable bonds is 4. The molecule has 1 aliphatic heterocycles. The van der Waals surface area contributed by atoms with Crippen LogP contribution in [-0.2, 0) is 4.79 Å². The zero-order chi connectivity index (χ0) is 19.8. The number of pyridine rings is 2. The van der Waals surface area contributed by atoms with E-state index in [1.807, 2.05) is 18.2 Å². The number of piperazine rings is 1. The van der Waals surface area contributed by atoms with Crippen LogP contribution in [0.5, 0.6) is 0 Å². The number of fused-ring (bicyclic) bond motifs is 1. The van der Waals surface area contributed by atoms with Gasteiger partial charge < -0.3 is 9.80 Å². The van der Waals surface area contributed by atoms with Crippen molar-refractivity contribution in [1.29, 1.82) is 5.26 Å². The third kappa shape index (κ3) is 3.33. The normalized spacial score (nSPS) is 16.7. The van der Waals surface area contributed by atoms with Gasteiger partial charge in [-0.1, -0.05) is 6.07 Å². The number of hydrogen-bond donors (Lipinski definition) is 1. The summed E-state index contributed by atoms with van der Waals surface area (Å²) in [6, 6.07) is 11.6. The van der Waals surface area contributed by atoms with E-state index in [1.54, 1.807) is 22.8 Å². The second-order valence-corrected chi connectivity index (χ2v) is 7.31. The summed E-state index contributed by atoms with van der Waals surface area (Å²) in [6.07, 6.45) is 3.60. The number of amides is 1. The van der Waals surface area contributed by atoms with Crippen LogP contribution in [0.1, 0.15) is 18.4 Å². The summed E-state index contributed by atoms with van der Waals surface area (Å²) in [5, 5.41) is 16.6. The fraction of sp³-hybridized carbons (Fsp3) is 0.350. The number of anilines is 3. The molecule has 2 fully saturated rings. The summed E-state index contributed by atoms with van der Waals surface area (Å²) >= 11 is 0. The van der Waals surface area contributed by atoms with Crippen LogP contribution in [0.2, 0.25) is 0 Å². The van der Waals surface area contributed by atoms with Gasteiger partial charge in [-0.2, -0.15) is 14.8 Å². The fourth-order valence-electron chi connectivity index (χ4n) is 3.63. The molecule has 0 aromatic carbocycles. The van der Waals surface area contributed by atoms with E-state index >= 15 is 0 Å². The highest BCUT2D eigenvalue weighted by Crippen LogP contribution is 2.30. The molecule has 0 atom stereocenters. The minimum Gasteiger partial charge on any atom is -0.353 e. The first-order valence-corrected chi connectivity index (χ1v) is 9.74. The first kappa shape index (κ1) is 17.4. The van der Waals surface area contributed by atoms with Crippen LogP contribution in [0.15, 0.2) is 36.5 Å². The van der Waals surface area contributed by atoms with Crippen molar-refractivity contribution >= 4 is 29.1 Å². The molecular weight excluding hydrogens is 368 g/mol. The van der Waals surface area contributed by atoms with Crippen molar-refractivity contribution in [3.05, 3.63) is 42.1 Å². The zero-order valence-electron chi connectivity index (χ0n) is 15.8. The third-order valence-electron chi connectivity index (χ3n) is 5.33. The lowest BCUT2D eigenvalue weighted by Gasteiger charge is -2.36. The second kappa shape index (κ2) is 7.05. The Morgan fingerprint density at radius 2 is 1.90 bits per heavy atom. The molecule has 5 rings (SSSR count). The van der Waals surface area contributed by atoms with E-state index in [1.165, 1.54) is 0 Å². The summed E-state index contributed by atoms with van der Waals surface area (Å²) in [5.41, 5.74) is 1.29. The van der Waals surface area contributed by atoms with Crippen LogP contribution in [0, 0.1) is 17.2 Å². The van der Waals surface area contributed by atoms with E-state index in [2.05, 4.69) is 36.3 Å². The quantitative estimate of drug-likeness (QED) is 0.725. The Labute approximate surface area is 167 Å². The summed E-state index contributed by atoms with van der Waals surface area (Å²) in [7, 11) is 0. The van der Waals surface area contributed by atoms with E-state index in [0.29, 0.717) is 17.2 Å². The maximum Gasteiger partial charge on any atom is 0.249 e. The standard InChI is InChI=1S/C20H20N8O/c21-13-15-3-2-8-22-18(15)27-11-9-26(10-12-27)17-5-1-4-16-23-20(25-28(16)17)24-19(29)14-6-7-14/h1-5,8,14H,6-7,9-12H2,(H,24,25,29). The molecule has 9 heteroatoms. The van der Waals surface area contributed by atoms with Crippen molar-refractivity contribution in [2.24, 2.45) is 5.92 Å². The van der Waals surface area contributed by atoms with Gasteiger partial charge in [-0.05, 0) is 37.1 Å². The van der Waals surface area contributed by atoms with Gasteiger partial charge in [-0.15, -0.1) is 5.10 Å². The van der Waals surface area contributed by atoms with Gasteiger partial charge in [0.15, 0.2) is 5.65 Å². The number of carbonyl (C=O) groups is 1. The molecule has 0 bridgehead atoms. The van der Waals surface area contributed by atoms with Crippen LogP contribution in [0.4, 0.5) is 17.6 Å². The number of nitrogens with zero attached hydrogens (tertiary/aromatic N) is 7. The van der Waals surface area contributed by atoms with Gasteiger partial charge >= 0.3 is 0 Å². The Bertz CT molecular complexity index is 1110. The molecule has 2 aliphatic rings. The molecule has 4 heterocycles. The van der Waals surface area contributed by atoms with Crippen molar-refractivity contribution in [3.63, 3.8) is 0 Å². The molecule has 1 amide bonds. The van der Waals surface area contributed by atoms with Gasteiger partial charge in [0.1, 0.15) is 17.7 Å². The third-order valence-corrected chi connectivity index (χ3v) is 5.33. The van der Waals surface area contributed by atoms with Crippen LogP contribution < -0.4 is 15.1 Å². The summed E-state index contributed by atoms with van der Waals surface area (Å²) in [5.74, 6) is 2.13. The predicted molar refractivity (Wildman–Crippen MR) is 108 cm³/mol. The second-order valence-electron chi connectivity index (χ2n) is 7.31. The van der Waals surface area contributed by atoms with E-state index in [0.717, 1.165) is 50.7 Å². The monoisotopic (exact) mass is 388 g/mol. The van der Waals surface area contributed by atoms with Crippen LogP contribution >= 0.6 is 0 Å². The number of aromatic nitrogens is 4. The lowest BCUT2D eigenvalue weighted by molar-refractivity contribution is -0.117. The molecule has 3 aromatic rings. The Morgan fingerprint density at radius 3 is 2.66 bits per heavy atom. The van der Waals surface area contributed by atoms with Gasteiger partial charge in [-0.3, -0.25) is 10.1 Å². The highest BCUT2D eigenvalue weighted by atomic mass is 16.2. The minimum atomic E-state index is -0.000251. The van der Waals surface area contributed by atoms with Crippen molar-refractivity contribution in [1.82, 2.24) is 19.6 Å². The Morgan fingerprint density at radius 1 is 1.10 bits per heavy atom.